The van der Waals surface area contributed by atoms with Crippen LogP contribution in [0.25, 0.3) is 0 Å². The molecule has 4 N–H and O–H groups in total. The summed E-state index contributed by atoms with van der Waals surface area (Å²) < 4.78 is 0. The van der Waals surface area contributed by atoms with E-state index in [0.29, 0.717) is 6.04 Å². The molecule has 0 saturated heterocycles. The van der Waals surface area contributed by atoms with Crippen LogP contribution in [0.4, 0.5) is 11.4 Å². The van der Waals surface area contributed by atoms with Gasteiger partial charge in [0.1, 0.15) is 0 Å². The number of nitrogen functional groups attached to an aromatic ring is 2. The first-order valence-corrected chi connectivity index (χ1v) is 8.13. The molecule has 3 nitrogen and oxygen atoms in total. The van der Waals surface area contributed by atoms with Gasteiger partial charge in [0, 0.05) is 30.5 Å². The van der Waals surface area contributed by atoms with Crippen molar-refractivity contribution in [2.45, 2.75) is 44.8 Å². The lowest BCUT2D eigenvalue weighted by Crippen LogP contribution is -2.32. The number of nitrogens with two attached hydrogens (primary N) is 2. The second-order valence-corrected chi connectivity index (χ2v) is 6.33. The molecule has 0 heterocycles. The van der Waals surface area contributed by atoms with Gasteiger partial charge in [0.05, 0.1) is 0 Å². The highest BCUT2D eigenvalue weighted by atomic mass is 15.2. The van der Waals surface area contributed by atoms with E-state index in [4.69, 9.17) is 11.5 Å². The summed E-state index contributed by atoms with van der Waals surface area (Å²) >= 11 is 0. The van der Waals surface area contributed by atoms with Crippen molar-refractivity contribution in [1.82, 2.24) is 4.90 Å². The Hall–Kier alpha value is -2.00. The van der Waals surface area contributed by atoms with Crippen molar-refractivity contribution in [2.24, 2.45) is 0 Å². The van der Waals surface area contributed by atoms with Gasteiger partial charge in [0.2, 0.25) is 0 Å². The van der Waals surface area contributed by atoms with Crippen LogP contribution in [0, 0.1) is 0 Å². The highest BCUT2D eigenvalue weighted by molar-refractivity contribution is 5.40. The highest BCUT2D eigenvalue weighted by Gasteiger charge is 2.22. The molecule has 2 aromatic rings. The maximum atomic E-state index is 5.79. The van der Waals surface area contributed by atoms with Gasteiger partial charge in [-0.25, -0.2) is 0 Å². The summed E-state index contributed by atoms with van der Waals surface area (Å²) in [5.74, 6) is 0. The van der Waals surface area contributed by atoms with Crippen molar-refractivity contribution >= 4 is 11.4 Å². The molecule has 0 spiro atoms. The predicted molar refractivity (Wildman–Crippen MR) is 93.2 cm³/mol. The molecule has 0 aliphatic heterocycles. The summed E-state index contributed by atoms with van der Waals surface area (Å²) in [5.41, 5.74) is 15.9. The molecule has 1 saturated carbocycles. The maximum Gasteiger partial charge on any atom is 0.0314 e. The molecule has 1 aliphatic carbocycles. The summed E-state index contributed by atoms with van der Waals surface area (Å²) in [6, 6.07) is 17.2. The Morgan fingerprint density at radius 2 is 1.14 bits per heavy atom. The SMILES string of the molecule is Nc1ccc(CN(Cc2ccc(N)cc2)C2CCCC2)cc1. The fraction of sp³-hybridized carbons (Fsp3) is 0.368. The van der Waals surface area contributed by atoms with Gasteiger partial charge < -0.3 is 11.5 Å². The van der Waals surface area contributed by atoms with Gasteiger partial charge in [-0.3, -0.25) is 4.90 Å². The van der Waals surface area contributed by atoms with Crippen LogP contribution in [0.1, 0.15) is 36.8 Å². The normalized spacial score (nSPS) is 15.5. The summed E-state index contributed by atoms with van der Waals surface area (Å²) in [6.45, 7) is 1.96. The van der Waals surface area contributed by atoms with E-state index in [1.165, 1.54) is 36.8 Å². The molecule has 0 amide bonds. The van der Waals surface area contributed by atoms with Crippen LogP contribution >= 0.6 is 0 Å². The molecular formula is C19H25N3. The first-order valence-electron chi connectivity index (χ1n) is 8.13. The Morgan fingerprint density at radius 3 is 1.55 bits per heavy atom. The van der Waals surface area contributed by atoms with Crippen LogP contribution in [0.15, 0.2) is 48.5 Å². The Balaban J connectivity index is 1.74. The summed E-state index contributed by atoms with van der Waals surface area (Å²) in [6.07, 6.45) is 5.32. The molecule has 22 heavy (non-hydrogen) atoms. The van der Waals surface area contributed by atoms with E-state index in [-0.39, 0.29) is 0 Å². The van der Waals surface area contributed by atoms with Crippen molar-refractivity contribution in [2.75, 3.05) is 11.5 Å². The monoisotopic (exact) mass is 295 g/mol. The molecule has 0 atom stereocenters. The van der Waals surface area contributed by atoms with Crippen LogP contribution in [-0.2, 0) is 13.1 Å². The van der Waals surface area contributed by atoms with Gasteiger partial charge in [-0.1, -0.05) is 37.1 Å². The molecule has 0 unspecified atom stereocenters. The van der Waals surface area contributed by atoms with Gasteiger partial charge in [0.25, 0.3) is 0 Å². The standard InChI is InChI=1S/C19H25N3/c20-17-9-5-15(6-10-17)13-22(19-3-1-2-4-19)14-16-7-11-18(21)12-8-16/h5-12,19H,1-4,13-14,20-21H2. The van der Waals surface area contributed by atoms with Crippen molar-refractivity contribution in [3.63, 3.8) is 0 Å². The topological polar surface area (TPSA) is 55.3 Å². The van der Waals surface area contributed by atoms with Gasteiger partial charge in [-0.2, -0.15) is 0 Å². The largest absolute Gasteiger partial charge is 0.399 e. The number of hydrogen-bond acceptors (Lipinski definition) is 3. The minimum Gasteiger partial charge on any atom is -0.399 e. The van der Waals surface area contributed by atoms with Gasteiger partial charge in [0.15, 0.2) is 0 Å². The molecule has 0 radical (unpaired) electrons. The summed E-state index contributed by atoms with van der Waals surface area (Å²) in [5, 5.41) is 0. The zero-order valence-electron chi connectivity index (χ0n) is 13.0. The summed E-state index contributed by atoms with van der Waals surface area (Å²) in [4.78, 5) is 2.60. The minimum absolute atomic E-state index is 0.690. The molecule has 2 aromatic carbocycles. The Labute approximate surface area is 132 Å². The van der Waals surface area contributed by atoms with Crippen molar-refractivity contribution in [1.29, 1.82) is 0 Å². The van der Waals surface area contributed by atoms with E-state index >= 15 is 0 Å². The molecular weight excluding hydrogens is 270 g/mol. The average molecular weight is 295 g/mol. The van der Waals surface area contributed by atoms with Crippen LogP contribution in [0.2, 0.25) is 0 Å². The third-order valence-electron chi connectivity index (χ3n) is 4.57. The lowest BCUT2D eigenvalue weighted by molar-refractivity contribution is 0.180. The van der Waals surface area contributed by atoms with Gasteiger partial charge in [-0.05, 0) is 48.2 Å². The lowest BCUT2D eigenvalue weighted by Gasteiger charge is -2.29. The van der Waals surface area contributed by atoms with Crippen LogP contribution in [0.5, 0.6) is 0 Å². The Morgan fingerprint density at radius 1 is 0.727 bits per heavy atom. The smallest absolute Gasteiger partial charge is 0.0314 e. The number of benzene rings is 2. The fourth-order valence-electron chi connectivity index (χ4n) is 3.30. The lowest BCUT2D eigenvalue weighted by atomic mass is 10.1. The fourth-order valence-corrected chi connectivity index (χ4v) is 3.30. The first kappa shape index (κ1) is 14.9. The second kappa shape index (κ2) is 6.84. The Bertz CT molecular complexity index is 536. The van der Waals surface area contributed by atoms with E-state index in [1.54, 1.807) is 0 Å². The molecule has 3 rings (SSSR count). The van der Waals surface area contributed by atoms with Gasteiger partial charge in [-0.15, -0.1) is 0 Å². The highest BCUT2D eigenvalue weighted by Crippen LogP contribution is 2.27. The number of anilines is 2. The van der Waals surface area contributed by atoms with E-state index in [9.17, 15) is 0 Å². The zero-order chi connectivity index (χ0) is 15.4. The maximum absolute atomic E-state index is 5.79. The zero-order valence-corrected chi connectivity index (χ0v) is 13.0. The molecule has 1 fully saturated rings. The molecule has 0 aromatic heterocycles. The molecule has 3 heteroatoms. The Kier molecular flexibility index (Phi) is 4.64. The minimum atomic E-state index is 0.690. The number of nitrogens with zero attached hydrogens (tertiary/aromatic N) is 1. The van der Waals surface area contributed by atoms with Crippen LogP contribution in [-0.4, -0.2) is 10.9 Å². The predicted octanol–water partition coefficient (Wildman–Crippen LogP) is 3.80. The van der Waals surface area contributed by atoms with Crippen molar-refractivity contribution in [3.8, 4) is 0 Å². The quantitative estimate of drug-likeness (QED) is 0.825. The van der Waals surface area contributed by atoms with E-state index in [0.717, 1.165) is 24.5 Å². The third-order valence-corrected chi connectivity index (χ3v) is 4.57. The van der Waals surface area contributed by atoms with E-state index < -0.39 is 0 Å². The molecule has 116 valence electrons. The van der Waals surface area contributed by atoms with Crippen molar-refractivity contribution in [3.05, 3.63) is 59.7 Å². The van der Waals surface area contributed by atoms with Crippen molar-refractivity contribution < 1.29 is 0 Å². The third kappa shape index (κ3) is 3.80. The molecule has 1 aliphatic rings. The molecule has 0 bridgehead atoms. The second-order valence-electron chi connectivity index (χ2n) is 6.33. The number of rotatable bonds is 5. The van der Waals surface area contributed by atoms with Gasteiger partial charge >= 0.3 is 0 Å². The first-order chi connectivity index (χ1) is 10.7. The van der Waals surface area contributed by atoms with Crippen LogP contribution in [0.3, 0.4) is 0 Å². The number of hydrogen-bond donors (Lipinski definition) is 2. The van der Waals surface area contributed by atoms with Crippen LogP contribution < -0.4 is 11.5 Å². The van der Waals surface area contributed by atoms with E-state index in [2.05, 4.69) is 29.2 Å². The van der Waals surface area contributed by atoms with E-state index in [1.807, 2.05) is 24.3 Å². The summed E-state index contributed by atoms with van der Waals surface area (Å²) in [7, 11) is 0. The average Bonchev–Trinajstić information content (AvgIpc) is 3.05.